The Morgan fingerprint density at radius 2 is 2.18 bits per heavy atom. The van der Waals surface area contributed by atoms with E-state index in [-0.39, 0.29) is 29.3 Å². The second-order valence-corrected chi connectivity index (χ2v) is 8.19. The van der Waals surface area contributed by atoms with Crippen LogP contribution in [0.3, 0.4) is 0 Å². The summed E-state index contributed by atoms with van der Waals surface area (Å²) in [5.41, 5.74) is 0.215. The first-order valence-corrected chi connectivity index (χ1v) is 10.7. The van der Waals surface area contributed by atoms with Crippen molar-refractivity contribution in [1.82, 2.24) is 14.5 Å². The maximum absolute atomic E-state index is 12.7. The molecule has 3 heterocycles. The van der Waals surface area contributed by atoms with Crippen LogP contribution in [0.4, 0.5) is 5.13 Å². The highest BCUT2D eigenvalue weighted by atomic mass is 32.1. The summed E-state index contributed by atoms with van der Waals surface area (Å²) in [6.45, 7) is 3.81. The zero-order valence-electron chi connectivity index (χ0n) is 15.2. The van der Waals surface area contributed by atoms with Crippen molar-refractivity contribution in [2.45, 2.75) is 33.2 Å². The molecule has 1 amide bonds. The molecule has 3 aromatic rings. The zero-order chi connectivity index (χ0) is 20.3. The number of aromatic nitrogens is 3. The molecule has 0 unspecified atom stereocenters. The summed E-state index contributed by atoms with van der Waals surface area (Å²) in [6.07, 6.45) is 0.859. The van der Waals surface area contributed by atoms with Crippen molar-refractivity contribution in [3.8, 4) is 0 Å². The van der Waals surface area contributed by atoms with Crippen molar-refractivity contribution in [3.05, 3.63) is 37.1 Å². The molecule has 0 radical (unpaired) electrons. The number of rotatable bonds is 7. The first-order chi connectivity index (χ1) is 13.4. The minimum Gasteiger partial charge on any atom is -0.466 e. The smallest absolute Gasteiger partial charge is 0.311 e. The average Bonchev–Trinajstić information content (AvgIpc) is 3.25. The van der Waals surface area contributed by atoms with Crippen molar-refractivity contribution in [2.75, 3.05) is 11.9 Å². The Bertz CT molecular complexity index is 1140. The highest BCUT2D eigenvalue weighted by Gasteiger charge is 2.14. The van der Waals surface area contributed by atoms with Crippen LogP contribution < -0.4 is 10.9 Å². The van der Waals surface area contributed by atoms with Gasteiger partial charge in [-0.25, -0.2) is 4.98 Å². The number of ether oxygens (including phenoxy) is 1. The second kappa shape index (κ2) is 8.76. The largest absolute Gasteiger partial charge is 0.466 e. The molecule has 8 nitrogen and oxygen atoms in total. The summed E-state index contributed by atoms with van der Waals surface area (Å²) in [6, 6.07) is 1.82. The number of anilines is 1. The van der Waals surface area contributed by atoms with E-state index in [9.17, 15) is 14.4 Å². The summed E-state index contributed by atoms with van der Waals surface area (Å²) < 4.78 is 6.29. The lowest BCUT2D eigenvalue weighted by Crippen LogP contribution is -2.28. The number of fused-ring (bicyclic) bond motifs is 1. The van der Waals surface area contributed by atoms with Crippen LogP contribution in [0.5, 0.6) is 0 Å². The third-order valence-electron chi connectivity index (χ3n) is 3.80. The van der Waals surface area contributed by atoms with E-state index in [0.29, 0.717) is 27.6 Å². The number of nitrogens with zero attached hydrogens (tertiary/aromatic N) is 2. The van der Waals surface area contributed by atoms with Gasteiger partial charge in [-0.1, -0.05) is 6.92 Å². The van der Waals surface area contributed by atoms with E-state index in [2.05, 4.69) is 15.3 Å². The van der Waals surface area contributed by atoms with E-state index in [1.807, 2.05) is 13.0 Å². The standard InChI is InChI=1S/C17H18N4O4S3/c1-3-10-6-11-14(28-10)20-17(26)21(15(11)24)7-12(22)19-16-18-9(8-27-16)5-13(23)25-4-2/h6,8H,3-5,7H2,1-2H3,(H,20,26)(H,18,19,22). The van der Waals surface area contributed by atoms with Gasteiger partial charge in [0.2, 0.25) is 5.91 Å². The first kappa shape index (κ1) is 20.4. The summed E-state index contributed by atoms with van der Waals surface area (Å²) in [5.74, 6) is -0.803. The van der Waals surface area contributed by atoms with Crippen LogP contribution in [0.2, 0.25) is 0 Å². The molecule has 0 atom stereocenters. The Balaban J connectivity index is 1.73. The molecule has 3 aromatic heterocycles. The number of hydrogen-bond donors (Lipinski definition) is 2. The highest BCUT2D eigenvalue weighted by molar-refractivity contribution is 7.71. The van der Waals surface area contributed by atoms with Crippen LogP contribution >= 0.6 is 34.9 Å². The van der Waals surface area contributed by atoms with Gasteiger partial charge < -0.3 is 15.0 Å². The van der Waals surface area contributed by atoms with Gasteiger partial charge in [0.15, 0.2) is 9.90 Å². The molecule has 0 saturated carbocycles. The molecular formula is C17H18N4O4S3. The molecule has 11 heteroatoms. The molecule has 2 N–H and O–H groups in total. The van der Waals surface area contributed by atoms with Gasteiger partial charge in [-0.2, -0.15) is 0 Å². The van der Waals surface area contributed by atoms with Crippen molar-refractivity contribution in [3.63, 3.8) is 0 Å². The number of thiophene rings is 1. The quantitative estimate of drug-likeness (QED) is 0.434. The fourth-order valence-electron chi connectivity index (χ4n) is 2.52. The third-order valence-corrected chi connectivity index (χ3v) is 6.13. The minimum atomic E-state index is -0.427. The van der Waals surface area contributed by atoms with Crippen LogP contribution in [0.15, 0.2) is 16.2 Å². The average molecular weight is 439 g/mol. The number of esters is 1. The number of thiazole rings is 1. The van der Waals surface area contributed by atoms with Crippen LogP contribution in [0.25, 0.3) is 10.2 Å². The van der Waals surface area contributed by atoms with Crippen molar-refractivity contribution < 1.29 is 14.3 Å². The Labute approximate surface area is 173 Å². The molecular weight excluding hydrogens is 420 g/mol. The lowest BCUT2D eigenvalue weighted by Gasteiger charge is -2.06. The predicted molar refractivity (Wildman–Crippen MR) is 112 cm³/mol. The lowest BCUT2D eigenvalue weighted by molar-refractivity contribution is -0.142. The molecule has 0 saturated heterocycles. The van der Waals surface area contributed by atoms with E-state index in [4.69, 9.17) is 17.0 Å². The second-order valence-electron chi connectivity index (χ2n) is 5.80. The number of aryl methyl sites for hydroxylation is 1. The number of hydrogen-bond acceptors (Lipinski definition) is 8. The van der Waals surface area contributed by atoms with Gasteiger partial charge in [0.25, 0.3) is 5.56 Å². The lowest BCUT2D eigenvalue weighted by atomic mass is 10.3. The molecule has 0 aliphatic carbocycles. The molecule has 3 rings (SSSR count). The van der Waals surface area contributed by atoms with Gasteiger partial charge in [-0.05, 0) is 31.6 Å². The molecule has 0 aromatic carbocycles. The normalized spacial score (nSPS) is 10.9. The molecule has 0 bridgehead atoms. The summed E-state index contributed by atoms with van der Waals surface area (Å²) >= 11 is 7.92. The van der Waals surface area contributed by atoms with Gasteiger partial charge >= 0.3 is 5.97 Å². The van der Waals surface area contributed by atoms with Gasteiger partial charge in [0, 0.05) is 10.3 Å². The molecule has 0 aliphatic rings. The number of carbonyl (C=O) groups is 2. The van der Waals surface area contributed by atoms with Gasteiger partial charge in [-0.3, -0.25) is 19.0 Å². The van der Waals surface area contributed by atoms with E-state index in [1.165, 1.54) is 27.2 Å². The summed E-state index contributed by atoms with van der Waals surface area (Å²) in [7, 11) is 0. The first-order valence-electron chi connectivity index (χ1n) is 8.56. The molecule has 0 spiro atoms. The monoisotopic (exact) mass is 438 g/mol. The molecule has 148 valence electrons. The minimum absolute atomic E-state index is 0.0412. The number of H-pyrrole nitrogens is 1. The maximum atomic E-state index is 12.7. The van der Waals surface area contributed by atoms with Crippen molar-refractivity contribution in [1.29, 1.82) is 0 Å². The van der Waals surface area contributed by atoms with Crippen LogP contribution in [-0.4, -0.2) is 33.0 Å². The Morgan fingerprint density at radius 1 is 1.39 bits per heavy atom. The molecule has 0 aliphatic heterocycles. The summed E-state index contributed by atoms with van der Waals surface area (Å²) in [4.78, 5) is 45.5. The third kappa shape index (κ3) is 4.54. The van der Waals surface area contributed by atoms with E-state index in [1.54, 1.807) is 12.3 Å². The van der Waals surface area contributed by atoms with Crippen LogP contribution in [0, 0.1) is 4.77 Å². The maximum Gasteiger partial charge on any atom is 0.311 e. The van der Waals surface area contributed by atoms with E-state index in [0.717, 1.165) is 11.3 Å². The van der Waals surface area contributed by atoms with E-state index >= 15 is 0 Å². The van der Waals surface area contributed by atoms with Crippen molar-refractivity contribution in [2.24, 2.45) is 0 Å². The van der Waals surface area contributed by atoms with Gasteiger partial charge in [-0.15, -0.1) is 22.7 Å². The number of carbonyl (C=O) groups excluding carboxylic acids is 2. The topological polar surface area (TPSA) is 106 Å². The van der Waals surface area contributed by atoms with Crippen molar-refractivity contribution >= 4 is 62.1 Å². The zero-order valence-corrected chi connectivity index (χ0v) is 17.7. The highest BCUT2D eigenvalue weighted by Crippen LogP contribution is 2.21. The Morgan fingerprint density at radius 3 is 2.89 bits per heavy atom. The number of aromatic amines is 1. The van der Waals surface area contributed by atoms with E-state index < -0.39 is 5.91 Å². The Hall–Kier alpha value is -2.37. The fourth-order valence-corrected chi connectivity index (χ4v) is 4.55. The fraction of sp³-hybridized carbons (Fsp3) is 0.353. The Kier molecular flexibility index (Phi) is 6.37. The van der Waals surface area contributed by atoms with Gasteiger partial charge in [0.1, 0.15) is 11.4 Å². The number of nitrogens with one attached hydrogen (secondary N) is 2. The van der Waals surface area contributed by atoms with Crippen LogP contribution in [-0.2, 0) is 33.7 Å². The van der Waals surface area contributed by atoms with Gasteiger partial charge in [0.05, 0.1) is 24.1 Å². The number of amides is 1. The SMILES string of the molecule is CCOC(=O)Cc1csc(NC(=O)Cn2c(=S)[nH]c3sc(CC)cc3c2=O)n1. The molecule has 0 fully saturated rings. The molecule has 28 heavy (non-hydrogen) atoms. The van der Waals surface area contributed by atoms with Crippen LogP contribution in [0.1, 0.15) is 24.4 Å². The predicted octanol–water partition coefficient (Wildman–Crippen LogP) is 2.88. The summed E-state index contributed by atoms with van der Waals surface area (Å²) in [5, 5.41) is 5.18.